The van der Waals surface area contributed by atoms with Crippen LogP contribution in [0.2, 0.25) is 0 Å². The molecule has 0 N–H and O–H groups in total. The van der Waals surface area contributed by atoms with Crippen molar-refractivity contribution >= 4 is 21.6 Å². The van der Waals surface area contributed by atoms with E-state index in [4.69, 9.17) is 4.74 Å². The predicted octanol–water partition coefficient (Wildman–Crippen LogP) is 2.01. The molecule has 1 atom stereocenters. The molecule has 132 valence electrons. The molecule has 1 aromatic carbocycles. The van der Waals surface area contributed by atoms with Gasteiger partial charge in [0.25, 0.3) is 5.91 Å². The lowest BCUT2D eigenvalue weighted by Gasteiger charge is -2.25. The minimum Gasteiger partial charge on any atom is -0.478 e. The highest BCUT2D eigenvalue weighted by Gasteiger charge is 2.33. The Morgan fingerprint density at radius 3 is 2.42 bits per heavy atom. The van der Waals surface area contributed by atoms with Crippen LogP contribution in [-0.4, -0.2) is 51.2 Å². The zero-order valence-corrected chi connectivity index (χ0v) is 14.8. The van der Waals surface area contributed by atoms with Gasteiger partial charge in [0.05, 0.1) is 11.9 Å². The van der Waals surface area contributed by atoms with Gasteiger partial charge < -0.3 is 9.64 Å². The number of sulfonamides is 1. The van der Waals surface area contributed by atoms with Crippen LogP contribution in [0.1, 0.15) is 32.1 Å². The number of carbonyl (C=O) groups is 1. The normalized spacial score (nSPS) is 22.1. The number of rotatable bonds is 2. The first-order chi connectivity index (χ1) is 11.5. The van der Waals surface area contributed by atoms with Crippen LogP contribution in [0.15, 0.2) is 24.3 Å². The number of carbonyl (C=O) groups excluding carboxylic acids is 1. The Morgan fingerprint density at radius 2 is 1.75 bits per heavy atom. The molecule has 0 saturated carbocycles. The molecule has 0 unspecified atom stereocenters. The summed E-state index contributed by atoms with van der Waals surface area (Å²) < 4.78 is 31.5. The average molecular weight is 352 g/mol. The molecule has 0 spiro atoms. The van der Waals surface area contributed by atoms with E-state index in [1.165, 1.54) is 10.6 Å². The smallest absolute Gasteiger partial charge is 0.263 e. The van der Waals surface area contributed by atoms with Gasteiger partial charge in [-0.05, 0) is 25.0 Å². The molecule has 0 bridgehead atoms. The van der Waals surface area contributed by atoms with E-state index in [2.05, 4.69) is 0 Å². The summed E-state index contributed by atoms with van der Waals surface area (Å²) in [5.74, 6) is 0.427. The summed E-state index contributed by atoms with van der Waals surface area (Å²) in [7, 11) is -3.41. The van der Waals surface area contributed by atoms with E-state index in [1.807, 2.05) is 4.90 Å². The molecule has 2 aliphatic heterocycles. The SMILES string of the molecule is CS(=O)(=O)N1CC[C@H](C(=O)N2CCCCCC2)Oc2ccccc21. The highest BCUT2D eigenvalue weighted by atomic mass is 32.2. The molecule has 2 aliphatic rings. The van der Waals surface area contributed by atoms with Crippen LogP contribution in [-0.2, 0) is 14.8 Å². The fourth-order valence-corrected chi connectivity index (χ4v) is 4.29. The molecule has 7 heteroatoms. The lowest BCUT2D eigenvalue weighted by atomic mass is 10.2. The molecular weight excluding hydrogens is 328 g/mol. The molecule has 0 radical (unpaired) electrons. The van der Waals surface area contributed by atoms with E-state index in [9.17, 15) is 13.2 Å². The van der Waals surface area contributed by atoms with Crippen LogP contribution in [0.25, 0.3) is 0 Å². The van der Waals surface area contributed by atoms with Crippen molar-refractivity contribution in [3.8, 4) is 5.75 Å². The van der Waals surface area contributed by atoms with Crippen LogP contribution in [0.3, 0.4) is 0 Å². The Balaban J connectivity index is 1.85. The second kappa shape index (κ2) is 7.01. The number of anilines is 1. The second-order valence-electron chi connectivity index (χ2n) is 6.44. The van der Waals surface area contributed by atoms with Crippen LogP contribution in [0.5, 0.6) is 5.75 Å². The largest absolute Gasteiger partial charge is 0.478 e. The van der Waals surface area contributed by atoms with Gasteiger partial charge in [0.15, 0.2) is 6.10 Å². The van der Waals surface area contributed by atoms with Crippen LogP contribution in [0, 0.1) is 0 Å². The number of hydrogen-bond acceptors (Lipinski definition) is 4. The Bertz CT molecular complexity index is 696. The predicted molar refractivity (Wildman–Crippen MR) is 92.7 cm³/mol. The van der Waals surface area contributed by atoms with Crippen molar-refractivity contribution in [2.45, 2.75) is 38.2 Å². The Hall–Kier alpha value is -1.76. The van der Waals surface area contributed by atoms with E-state index >= 15 is 0 Å². The van der Waals surface area contributed by atoms with Crippen molar-refractivity contribution in [2.75, 3.05) is 30.2 Å². The maximum absolute atomic E-state index is 12.9. The average Bonchev–Trinajstić information content (AvgIpc) is 2.92. The first kappa shape index (κ1) is 17.1. The molecule has 1 amide bonds. The van der Waals surface area contributed by atoms with Crippen molar-refractivity contribution in [3.63, 3.8) is 0 Å². The summed E-state index contributed by atoms with van der Waals surface area (Å²) in [5, 5.41) is 0. The van der Waals surface area contributed by atoms with Crippen molar-refractivity contribution < 1.29 is 17.9 Å². The van der Waals surface area contributed by atoms with E-state index in [1.54, 1.807) is 24.3 Å². The van der Waals surface area contributed by atoms with Crippen molar-refractivity contribution in [2.24, 2.45) is 0 Å². The van der Waals surface area contributed by atoms with Gasteiger partial charge in [-0.3, -0.25) is 9.10 Å². The summed E-state index contributed by atoms with van der Waals surface area (Å²) in [6.45, 7) is 1.77. The van der Waals surface area contributed by atoms with Gasteiger partial charge in [-0.15, -0.1) is 0 Å². The van der Waals surface area contributed by atoms with E-state index in [0.717, 1.165) is 38.8 Å². The van der Waals surface area contributed by atoms with Crippen molar-refractivity contribution in [3.05, 3.63) is 24.3 Å². The van der Waals surface area contributed by atoms with Crippen molar-refractivity contribution in [1.82, 2.24) is 4.90 Å². The highest BCUT2D eigenvalue weighted by molar-refractivity contribution is 7.92. The summed E-state index contributed by atoms with van der Waals surface area (Å²) in [6.07, 6.45) is 5.25. The van der Waals surface area contributed by atoms with Gasteiger partial charge >= 0.3 is 0 Å². The summed E-state index contributed by atoms with van der Waals surface area (Å²) in [5.41, 5.74) is 0.506. The number of ether oxygens (including phenoxy) is 1. The molecular formula is C17H24N2O4S. The molecule has 0 aromatic heterocycles. The fraction of sp³-hybridized carbons (Fsp3) is 0.588. The first-order valence-electron chi connectivity index (χ1n) is 8.49. The van der Waals surface area contributed by atoms with Gasteiger partial charge in [-0.2, -0.15) is 0 Å². The third-order valence-corrected chi connectivity index (χ3v) is 5.77. The second-order valence-corrected chi connectivity index (χ2v) is 8.34. The maximum atomic E-state index is 12.9. The van der Waals surface area contributed by atoms with Gasteiger partial charge in [0.2, 0.25) is 10.0 Å². The molecule has 6 nitrogen and oxygen atoms in total. The van der Waals surface area contributed by atoms with Crippen LogP contribution in [0.4, 0.5) is 5.69 Å². The van der Waals surface area contributed by atoms with Gasteiger partial charge in [-0.25, -0.2) is 8.42 Å². The monoisotopic (exact) mass is 352 g/mol. The van der Waals surface area contributed by atoms with Gasteiger partial charge in [0, 0.05) is 26.1 Å². The number of benzene rings is 1. The lowest BCUT2D eigenvalue weighted by molar-refractivity contribution is -0.138. The minimum atomic E-state index is -3.41. The van der Waals surface area contributed by atoms with Crippen LogP contribution >= 0.6 is 0 Å². The summed E-state index contributed by atoms with van der Waals surface area (Å²) in [4.78, 5) is 14.7. The van der Waals surface area contributed by atoms with Gasteiger partial charge in [-0.1, -0.05) is 25.0 Å². The van der Waals surface area contributed by atoms with E-state index in [-0.39, 0.29) is 12.5 Å². The van der Waals surface area contributed by atoms with E-state index < -0.39 is 16.1 Å². The summed E-state index contributed by atoms with van der Waals surface area (Å²) in [6, 6.07) is 7.01. The Kier molecular flexibility index (Phi) is 4.99. The molecule has 1 saturated heterocycles. The minimum absolute atomic E-state index is 0.0259. The fourth-order valence-electron chi connectivity index (χ4n) is 3.34. The third-order valence-electron chi connectivity index (χ3n) is 4.59. The number of hydrogen-bond donors (Lipinski definition) is 0. The van der Waals surface area contributed by atoms with Crippen LogP contribution < -0.4 is 9.04 Å². The summed E-state index contributed by atoms with van der Waals surface area (Å²) >= 11 is 0. The maximum Gasteiger partial charge on any atom is 0.263 e. The Labute approximate surface area is 143 Å². The Morgan fingerprint density at radius 1 is 1.08 bits per heavy atom. The highest BCUT2D eigenvalue weighted by Crippen LogP contribution is 2.34. The molecule has 1 aromatic rings. The quantitative estimate of drug-likeness (QED) is 0.817. The first-order valence-corrected chi connectivity index (χ1v) is 10.3. The third kappa shape index (κ3) is 3.66. The number of amides is 1. The molecule has 1 fully saturated rings. The molecule has 24 heavy (non-hydrogen) atoms. The molecule has 0 aliphatic carbocycles. The number of para-hydroxylation sites is 2. The number of fused-ring (bicyclic) bond motifs is 1. The zero-order valence-electron chi connectivity index (χ0n) is 14.0. The van der Waals surface area contributed by atoms with Gasteiger partial charge in [0.1, 0.15) is 5.75 Å². The number of likely N-dealkylation sites (tertiary alicyclic amines) is 1. The standard InChI is InChI=1S/C17H24N2O4S/c1-24(21,22)19-13-10-16(23-15-9-5-4-8-14(15)19)17(20)18-11-6-2-3-7-12-18/h4-5,8-9,16H,2-3,6-7,10-13H2,1H3/t16-/m1/s1. The topological polar surface area (TPSA) is 66.9 Å². The van der Waals surface area contributed by atoms with E-state index in [0.29, 0.717) is 17.9 Å². The molecule has 3 rings (SSSR count). The zero-order chi connectivity index (χ0) is 17.2. The molecule has 2 heterocycles. The van der Waals surface area contributed by atoms with Crippen molar-refractivity contribution in [1.29, 1.82) is 0 Å². The lowest BCUT2D eigenvalue weighted by Crippen LogP contribution is -2.43. The number of nitrogens with zero attached hydrogens (tertiary/aromatic N) is 2.